The second kappa shape index (κ2) is 5.08. The van der Waals surface area contributed by atoms with Crippen molar-refractivity contribution >= 4 is 11.3 Å². The highest BCUT2D eigenvalue weighted by atomic mass is 32.1. The van der Waals surface area contributed by atoms with Gasteiger partial charge in [0.2, 0.25) is 0 Å². The van der Waals surface area contributed by atoms with E-state index >= 15 is 0 Å². The van der Waals surface area contributed by atoms with Crippen LogP contribution in [0, 0.1) is 12.8 Å². The molecule has 0 amide bonds. The summed E-state index contributed by atoms with van der Waals surface area (Å²) in [6, 6.07) is 0.722. The molecule has 1 aliphatic rings. The molecule has 0 aromatic carbocycles. The molecule has 1 heterocycles. The maximum atomic E-state index is 4.28. The Morgan fingerprint density at radius 2 is 2.27 bits per heavy atom. The summed E-state index contributed by atoms with van der Waals surface area (Å²) in [4.78, 5) is 5.67. The van der Waals surface area contributed by atoms with Crippen molar-refractivity contribution in [3.05, 3.63) is 16.1 Å². The molecule has 1 fully saturated rings. The van der Waals surface area contributed by atoms with Gasteiger partial charge in [0.05, 0.1) is 11.2 Å². The van der Waals surface area contributed by atoms with Gasteiger partial charge in [-0.05, 0) is 25.7 Å². The Balaban J connectivity index is 1.84. The van der Waals surface area contributed by atoms with E-state index in [1.54, 1.807) is 11.3 Å². The summed E-state index contributed by atoms with van der Waals surface area (Å²) in [5, 5.41) is 3.68. The van der Waals surface area contributed by atoms with E-state index in [1.807, 2.05) is 5.51 Å². The van der Waals surface area contributed by atoms with E-state index in [9.17, 15) is 0 Å². The molecule has 1 aromatic rings. The first-order valence-corrected chi connectivity index (χ1v) is 6.77. The van der Waals surface area contributed by atoms with Gasteiger partial charge in [-0.25, -0.2) is 4.98 Å². The highest BCUT2D eigenvalue weighted by Gasteiger charge is 2.20. The Labute approximate surface area is 96.1 Å². The Morgan fingerprint density at radius 1 is 1.47 bits per heavy atom. The first-order valence-electron chi connectivity index (χ1n) is 5.89. The molecular weight excluding hydrogens is 204 g/mol. The molecule has 1 saturated carbocycles. The van der Waals surface area contributed by atoms with Gasteiger partial charge in [-0.3, -0.25) is 0 Å². The molecule has 0 spiro atoms. The highest BCUT2D eigenvalue weighted by molar-refractivity contribution is 7.09. The molecule has 0 radical (unpaired) electrons. The first-order chi connectivity index (χ1) is 7.27. The third-order valence-corrected chi connectivity index (χ3v) is 4.42. The van der Waals surface area contributed by atoms with Crippen LogP contribution >= 0.6 is 11.3 Å². The van der Waals surface area contributed by atoms with Crippen LogP contribution in [-0.4, -0.2) is 11.0 Å². The van der Waals surface area contributed by atoms with E-state index in [0.29, 0.717) is 0 Å². The van der Waals surface area contributed by atoms with Crippen LogP contribution in [0.2, 0.25) is 0 Å². The van der Waals surface area contributed by atoms with Crippen molar-refractivity contribution in [1.82, 2.24) is 10.3 Å². The van der Waals surface area contributed by atoms with Gasteiger partial charge in [0, 0.05) is 17.5 Å². The summed E-state index contributed by atoms with van der Waals surface area (Å²) in [5.74, 6) is 0.840. The van der Waals surface area contributed by atoms with Crippen LogP contribution in [0.15, 0.2) is 5.51 Å². The number of aromatic nitrogens is 1. The quantitative estimate of drug-likeness (QED) is 0.853. The molecule has 0 aliphatic heterocycles. The van der Waals surface area contributed by atoms with Crippen LogP contribution in [0.1, 0.15) is 43.2 Å². The van der Waals surface area contributed by atoms with Crippen LogP contribution in [0.25, 0.3) is 0 Å². The molecule has 1 aromatic heterocycles. The molecule has 0 saturated heterocycles. The normalized spacial score (nSPS) is 26.8. The van der Waals surface area contributed by atoms with Crippen LogP contribution in [0.3, 0.4) is 0 Å². The van der Waals surface area contributed by atoms with Gasteiger partial charge in [0.15, 0.2) is 0 Å². The Hall–Kier alpha value is -0.410. The van der Waals surface area contributed by atoms with Gasteiger partial charge < -0.3 is 5.32 Å². The number of nitrogens with zero attached hydrogens (tertiary/aromatic N) is 1. The maximum absolute atomic E-state index is 4.28. The fourth-order valence-corrected chi connectivity index (χ4v) is 3.07. The number of thiazole rings is 1. The summed E-state index contributed by atoms with van der Waals surface area (Å²) in [7, 11) is 0. The van der Waals surface area contributed by atoms with Gasteiger partial charge in [-0.2, -0.15) is 0 Å². The van der Waals surface area contributed by atoms with Gasteiger partial charge >= 0.3 is 0 Å². The van der Waals surface area contributed by atoms with Gasteiger partial charge in [0.25, 0.3) is 0 Å². The molecule has 2 nitrogen and oxygen atoms in total. The highest BCUT2D eigenvalue weighted by Crippen LogP contribution is 2.24. The molecule has 2 atom stereocenters. The topological polar surface area (TPSA) is 24.9 Å². The number of rotatable bonds is 3. The molecule has 1 N–H and O–H groups in total. The summed E-state index contributed by atoms with van der Waals surface area (Å²) in [6.07, 6.45) is 5.54. The van der Waals surface area contributed by atoms with Crippen LogP contribution in [-0.2, 0) is 6.54 Å². The minimum Gasteiger partial charge on any atom is -0.309 e. The summed E-state index contributed by atoms with van der Waals surface area (Å²) < 4.78 is 0. The third kappa shape index (κ3) is 2.79. The zero-order valence-electron chi connectivity index (χ0n) is 9.62. The van der Waals surface area contributed by atoms with Crippen LogP contribution in [0.4, 0.5) is 0 Å². The predicted octanol–water partition coefficient (Wildman–Crippen LogP) is 3.12. The Morgan fingerprint density at radius 3 is 2.93 bits per heavy atom. The largest absolute Gasteiger partial charge is 0.309 e. The fraction of sp³-hybridized carbons (Fsp3) is 0.750. The SMILES string of the molecule is Cc1ncsc1CN[C@@H]1CCCC[C@@H]1C. The Bertz CT molecular complexity index is 308. The lowest BCUT2D eigenvalue weighted by molar-refractivity contribution is 0.280. The number of aryl methyl sites for hydroxylation is 1. The van der Waals surface area contributed by atoms with Crippen LogP contribution < -0.4 is 5.32 Å². The molecular formula is C12H20N2S. The summed E-state index contributed by atoms with van der Waals surface area (Å²) in [5.41, 5.74) is 3.13. The summed E-state index contributed by atoms with van der Waals surface area (Å²) in [6.45, 7) is 5.47. The van der Waals surface area contributed by atoms with Crippen molar-refractivity contribution in [2.24, 2.45) is 5.92 Å². The van der Waals surface area contributed by atoms with E-state index in [-0.39, 0.29) is 0 Å². The molecule has 15 heavy (non-hydrogen) atoms. The molecule has 84 valence electrons. The summed E-state index contributed by atoms with van der Waals surface area (Å²) >= 11 is 1.77. The van der Waals surface area contributed by atoms with Crippen LogP contribution in [0.5, 0.6) is 0 Å². The van der Waals surface area contributed by atoms with E-state index in [4.69, 9.17) is 0 Å². The molecule has 2 rings (SSSR count). The lowest BCUT2D eigenvalue weighted by Gasteiger charge is -2.29. The van der Waals surface area contributed by atoms with Crippen molar-refractivity contribution in [3.8, 4) is 0 Å². The van der Waals surface area contributed by atoms with Crippen molar-refractivity contribution < 1.29 is 0 Å². The zero-order valence-corrected chi connectivity index (χ0v) is 10.4. The maximum Gasteiger partial charge on any atom is 0.0798 e. The minimum absolute atomic E-state index is 0.722. The average Bonchev–Trinajstić information content (AvgIpc) is 2.63. The Kier molecular flexibility index (Phi) is 3.76. The molecule has 3 heteroatoms. The fourth-order valence-electron chi connectivity index (χ4n) is 2.34. The number of hydrogen-bond donors (Lipinski definition) is 1. The molecule has 0 unspecified atom stereocenters. The second-order valence-corrected chi connectivity index (χ2v) is 5.55. The number of nitrogens with one attached hydrogen (secondary N) is 1. The smallest absolute Gasteiger partial charge is 0.0798 e. The standard InChI is InChI=1S/C12H20N2S/c1-9-5-3-4-6-11(9)13-7-12-10(2)14-8-15-12/h8-9,11,13H,3-7H2,1-2H3/t9-,11+/m0/s1. The van der Waals surface area contributed by atoms with E-state index < -0.39 is 0 Å². The average molecular weight is 224 g/mol. The van der Waals surface area contributed by atoms with E-state index in [1.165, 1.54) is 36.3 Å². The monoisotopic (exact) mass is 224 g/mol. The first kappa shape index (κ1) is 11.1. The predicted molar refractivity (Wildman–Crippen MR) is 65.1 cm³/mol. The van der Waals surface area contributed by atoms with E-state index in [0.717, 1.165) is 18.5 Å². The van der Waals surface area contributed by atoms with Crippen molar-refractivity contribution in [1.29, 1.82) is 0 Å². The van der Waals surface area contributed by atoms with Gasteiger partial charge in [-0.1, -0.05) is 19.8 Å². The molecule has 0 bridgehead atoms. The third-order valence-electron chi connectivity index (χ3n) is 3.48. The van der Waals surface area contributed by atoms with Crippen molar-refractivity contribution in [2.75, 3.05) is 0 Å². The van der Waals surface area contributed by atoms with Crippen molar-refractivity contribution in [2.45, 2.75) is 52.1 Å². The van der Waals surface area contributed by atoms with Gasteiger partial charge in [0.1, 0.15) is 0 Å². The lowest BCUT2D eigenvalue weighted by atomic mass is 9.86. The van der Waals surface area contributed by atoms with Crippen molar-refractivity contribution in [3.63, 3.8) is 0 Å². The van der Waals surface area contributed by atoms with E-state index in [2.05, 4.69) is 24.1 Å². The lowest BCUT2D eigenvalue weighted by Crippen LogP contribution is -2.36. The second-order valence-electron chi connectivity index (χ2n) is 4.61. The zero-order chi connectivity index (χ0) is 10.7. The minimum atomic E-state index is 0.722. The van der Waals surface area contributed by atoms with Gasteiger partial charge in [-0.15, -0.1) is 11.3 Å². The number of hydrogen-bond acceptors (Lipinski definition) is 3. The molecule has 1 aliphatic carbocycles.